The van der Waals surface area contributed by atoms with E-state index in [0.717, 1.165) is 7.11 Å². The van der Waals surface area contributed by atoms with E-state index in [1.807, 2.05) is 13.0 Å². The number of rotatable bonds is 16. The van der Waals surface area contributed by atoms with Gasteiger partial charge in [-0.1, -0.05) is 0 Å². The molecule has 12 nitrogen and oxygen atoms in total. The van der Waals surface area contributed by atoms with E-state index < -0.39 is 20.1 Å². The van der Waals surface area contributed by atoms with E-state index in [0.29, 0.717) is 13.0 Å². The summed E-state index contributed by atoms with van der Waals surface area (Å²) in [5.41, 5.74) is 0. The van der Waals surface area contributed by atoms with Crippen LogP contribution in [0.5, 0.6) is 0 Å². The number of nitrogens with zero attached hydrogens (tertiary/aromatic N) is 1. The summed E-state index contributed by atoms with van der Waals surface area (Å²) < 4.78 is 48.4. The fraction of sp³-hybridized carbons (Fsp3) is 0.842. The molecule has 5 atom stereocenters. The number of esters is 1. The van der Waals surface area contributed by atoms with Gasteiger partial charge in [0.05, 0.1) is 44.8 Å². The zero-order chi connectivity index (χ0) is 24.0. The molecule has 0 aromatic carbocycles. The highest BCUT2D eigenvalue weighted by atomic mass is 31.2. The van der Waals surface area contributed by atoms with Crippen molar-refractivity contribution in [1.29, 1.82) is 5.26 Å². The van der Waals surface area contributed by atoms with Gasteiger partial charge in [0.2, 0.25) is 5.91 Å². The van der Waals surface area contributed by atoms with E-state index in [-0.39, 0.29) is 63.2 Å². The van der Waals surface area contributed by atoms with Crippen molar-refractivity contribution in [2.45, 2.75) is 64.1 Å². The molecule has 1 aliphatic heterocycles. The van der Waals surface area contributed by atoms with Gasteiger partial charge < -0.3 is 24.3 Å². The molecule has 184 valence electrons. The zero-order valence-electron chi connectivity index (χ0n) is 18.9. The Hall–Kier alpha value is -1.58. The van der Waals surface area contributed by atoms with Gasteiger partial charge in [0.1, 0.15) is 12.2 Å². The minimum absolute atomic E-state index is 0.0236. The lowest BCUT2D eigenvalue weighted by atomic mass is 10.1. The summed E-state index contributed by atoms with van der Waals surface area (Å²) in [7, 11) is -1.13. The first-order valence-electron chi connectivity index (χ1n) is 10.3. The molecule has 5 unspecified atom stereocenters. The average Bonchev–Trinajstić information content (AvgIpc) is 3.08. The molecule has 0 radical (unpaired) electrons. The third-order valence-corrected chi connectivity index (χ3v) is 5.80. The number of ether oxygens (including phenoxy) is 4. The van der Waals surface area contributed by atoms with Crippen LogP contribution >= 0.6 is 7.82 Å². The monoisotopic (exact) mass is 480 g/mol. The molecule has 1 heterocycles. The Labute approximate surface area is 188 Å². The number of methoxy groups -OCH3 is 1. The fourth-order valence-electron chi connectivity index (χ4n) is 2.84. The minimum Gasteiger partial charge on any atom is -0.459 e. The van der Waals surface area contributed by atoms with Crippen molar-refractivity contribution in [3.8, 4) is 6.07 Å². The lowest BCUT2D eigenvalue weighted by Crippen LogP contribution is -2.32. The topological polar surface area (TPSA) is 152 Å². The SMILES string of the molecule is COCC1OC(C)CC1OC(=O)CCC(=O)NCCOC(C)OP(=O)(OC)OCCC#N. The number of phosphoric acid groups is 1. The maximum absolute atomic E-state index is 12.2. The van der Waals surface area contributed by atoms with Gasteiger partial charge in [0, 0.05) is 33.6 Å². The second-order valence-corrected chi connectivity index (χ2v) is 8.70. The summed E-state index contributed by atoms with van der Waals surface area (Å²) in [6.07, 6.45) is -1.13. The van der Waals surface area contributed by atoms with Crippen LogP contribution in [0, 0.1) is 11.3 Å². The smallest absolute Gasteiger partial charge is 0.459 e. The molecule has 1 amide bonds. The van der Waals surface area contributed by atoms with Crippen molar-refractivity contribution in [2.75, 3.05) is 40.6 Å². The number of carbonyl (C=O) groups excluding carboxylic acids is 2. The van der Waals surface area contributed by atoms with Crippen molar-refractivity contribution in [1.82, 2.24) is 5.32 Å². The molecule has 1 aliphatic rings. The molecule has 1 N–H and O–H groups in total. The molecule has 32 heavy (non-hydrogen) atoms. The average molecular weight is 480 g/mol. The van der Waals surface area contributed by atoms with Crippen LogP contribution in [-0.2, 0) is 46.7 Å². The summed E-state index contributed by atoms with van der Waals surface area (Å²) in [5, 5.41) is 11.1. The molecular weight excluding hydrogens is 447 g/mol. The number of hydrogen-bond acceptors (Lipinski definition) is 11. The van der Waals surface area contributed by atoms with Gasteiger partial charge in [-0.25, -0.2) is 4.57 Å². The Bertz CT molecular complexity index is 671. The number of amides is 1. The number of phosphoric ester groups is 1. The second-order valence-electron chi connectivity index (χ2n) is 6.97. The zero-order valence-corrected chi connectivity index (χ0v) is 19.8. The van der Waals surface area contributed by atoms with Crippen LogP contribution in [0.2, 0.25) is 0 Å². The molecular formula is C19H33N2O10P. The predicted octanol–water partition coefficient (Wildman–Crippen LogP) is 1.68. The van der Waals surface area contributed by atoms with E-state index in [1.54, 1.807) is 7.11 Å². The van der Waals surface area contributed by atoms with E-state index in [1.165, 1.54) is 6.92 Å². The standard InChI is InChI=1S/C19H33N2O10P/c1-14-12-16(17(29-14)13-25-3)30-19(23)7-6-18(22)21-9-11-27-15(2)31-32(24,26-4)28-10-5-8-20/h14-17H,5-7,9-13H2,1-4H3,(H,21,22). The Morgan fingerprint density at radius 2 is 2.03 bits per heavy atom. The highest BCUT2D eigenvalue weighted by Crippen LogP contribution is 2.49. The van der Waals surface area contributed by atoms with Crippen molar-refractivity contribution in [3.05, 3.63) is 0 Å². The first-order valence-corrected chi connectivity index (χ1v) is 11.8. The number of hydrogen-bond donors (Lipinski definition) is 1. The predicted molar refractivity (Wildman–Crippen MR) is 110 cm³/mol. The van der Waals surface area contributed by atoms with Gasteiger partial charge in [0.15, 0.2) is 6.29 Å². The van der Waals surface area contributed by atoms with Crippen LogP contribution in [0.4, 0.5) is 0 Å². The van der Waals surface area contributed by atoms with Gasteiger partial charge in [-0.2, -0.15) is 5.26 Å². The normalized spacial score (nSPS) is 23.2. The third-order valence-electron chi connectivity index (χ3n) is 4.30. The summed E-state index contributed by atoms with van der Waals surface area (Å²) in [5.74, 6) is -0.819. The van der Waals surface area contributed by atoms with Gasteiger partial charge in [-0.05, 0) is 13.8 Å². The third kappa shape index (κ3) is 11.3. The highest BCUT2D eigenvalue weighted by Gasteiger charge is 2.35. The van der Waals surface area contributed by atoms with Crippen LogP contribution in [0.15, 0.2) is 0 Å². The lowest BCUT2D eigenvalue weighted by Gasteiger charge is -2.20. The Balaban J connectivity index is 2.20. The van der Waals surface area contributed by atoms with Crippen molar-refractivity contribution in [3.63, 3.8) is 0 Å². The first kappa shape index (κ1) is 28.5. The molecule has 1 rings (SSSR count). The Morgan fingerprint density at radius 3 is 2.69 bits per heavy atom. The summed E-state index contributed by atoms with van der Waals surface area (Å²) in [4.78, 5) is 23.9. The minimum atomic E-state index is -3.83. The molecule has 0 saturated carbocycles. The molecule has 0 spiro atoms. The van der Waals surface area contributed by atoms with Gasteiger partial charge in [0.25, 0.3) is 0 Å². The van der Waals surface area contributed by atoms with Crippen LogP contribution in [0.25, 0.3) is 0 Å². The van der Waals surface area contributed by atoms with Gasteiger partial charge in [-0.15, -0.1) is 0 Å². The molecule has 1 fully saturated rings. The largest absolute Gasteiger partial charge is 0.476 e. The number of nitriles is 1. The summed E-state index contributed by atoms with van der Waals surface area (Å²) >= 11 is 0. The molecule has 1 saturated heterocycles. The Morgan fingerprint density at radius 1 is 1.28 bits per heavy atom. The van der Waals surface area contributed by atoms with E-state index in [9.17, 15) is 14.2 Å². The number of nitrogens with one attached hydrogen (secondary N) is 1. The van der Waals surface area contributed by atoms with E-state index in [2.05, 4.69) is 5.32 Å². The van der Waals surface area contributed by atoms with Crippen LogP contribution < -0.4 is 5.32 Å². The molecule has 0 aromatic heterocycles. The van der Waals surface area contributed by atoms with Crippen molar-refractivity contribution in [2.24, 2.45) is 0 Å². The Kier molecular flexibility index (Phi) is 13.6. The number of carbonyl (C=O) groups is 2. The van der Waals surface area contributed by atoms with Crippen molar-refractivity contribution >= 4 is 19.7 Å². The first-order chi connectivity index (χ1) is 15.2. The fourth-order valence-corrected chi connectivity index (χ4v) is 3.84. The molecule has 0 aliphatic carbocycles. The summed E-state index contributed by atoms with van der Waals surface area (Å²) in [6.45, 7) is 3.83. The quantitative estimate of drug-likeness (QED) is 0.149. The highest BCUT2D eigenvalue weighted by molar-refractivity contribution is 7.48. The van der Waals surface area contributed by atoms with Crippen LogP contribution in [0.3, 0.4) is 0 Å². The van der Waals surface area contributed by atoms with E-state index >= 15 is 0 Å². The summed E-state index contributed by atoms with van der Waals surface area (Å²) in [6, 6.07) is 1.85. The van der Waals surface area contributed by atoms with Crippen LogP contribution in [0.1, 0.15) is 39.5 Å². The van der Waals surface area contributed by atoms with Crippen LogP contribution in [-0.4, -0.2) is 77.1 Å². The second kappa shape index (κ2) is 15.3. The van der Waals surface area contributed by atoms with Gasteiger partial charge in [-0.3, -0.25) is 23.2 Å². The molecule has 13 heteroatoms. The molecule has 0 aromatic rings. The van der Waals surface area contributed by atoms with Gasteiger partial charge >= 0.3 is 13.8 Å². The lowest BCUT2D eigenvalue weighted by molar-refractivity contribution is -0.154. The maximum atomic E-state index is 12.2. The maximum Gasteiger partial charge on any atom is 0.476 e. The van der Waals surface area contributed by atoms with Crippen molar-refractivity contribution < 1.29 is 46.7 Å². The van der Waals surface area contributed by atoms with E-state index in [4.69, 9.17) is 37.8 Å². The molecule has 0 bridgehead atoms.